The zero-order valence-electron chi connectivity index (χ0n) is 20.2. The third kappa shape index (κ3) is 6.02. The van der Waals surface area contributed by atoms with E-state index in [1.807, 2.05) is 31.2 Å². The number of carbonyl (C=O) groups excluding carboxylic acids is 2. The van der Waals surface area contributed by atoms with Crippen LogP contribution in [0.15, 0.2) is 48.5 Å². The number of ether oxygens (including phenoxy) is 1. The van der Waals surface area contributed by atoms with Crippen molar-refractivity contribution < 1.29 is 24.2 Å². The molecule has 186 valence electrons. The number of rotatable bonds is 9. The lowest BCUT2D eigenvalue weighted by molar-refractivity contribution is -0.138. The molecule has 4 rings (SSSR count). The van der Waals surface area contributed by atoms with Crippen LogP contribution in [0.2, 0.25) is 0 Å². The maximum Gasteiger partial charge on any atom is 0.407 e. The molecule has 0 bridgehead atoms. The fourth-order valence-corrected chi connectivity index (χ4v) is 5.47. The SMILES string of the molecule is CCC[C@H](CC(=O)O)NC(=O)[C@@H]1CCC[C@@H](NC(=O)OCC2c3ccccc3-c3ccccc32)C1. The standard InChI is InChI=1S/C28H34N2O5/c1-2-8-19(16-26(31)32)29-27(33)18-9-7-10-20(15-18)30-28(34)35-17-25-23-13-5-3-11-21(23)22-12-4-6-14-24(22)25/h3-6,11-14,18-20,25H,2,7-10,15-17H2,1H3,(H,29,33)(H,30,34)(H,31,32)/t18-,19-,20-/m1/s1. The molecule has 0 spiro atoms. The summed E-state index contributed by atoms with van der Waals surface area (Å²) >= 11 is 0. The molecule has 2 aromatic rings. The van der Waals surface area contributed by atoms with Gasteiger partial charge in [0.25, 0.3) is 0 Å². The van der Waals surface area contributed by atoms with Crippen molar-refractivity contribution in [1.82, 2.24) is 10.6 Å². The molecule has 2 aliphatic rings. The summed E-state index contributed by atoms with van der Waals surface area (Å²) in [6.45, 7) is 2.22. The predicted octanol–water partition coefficient (Wildman–Crippen LogP) is 4.84. The van der Waals surface area contributed by atoms with Crippen LogP contribution < -0.4 is 10.6 Å². The Labute approximate surface area is 206 Å². The number of hydrogen-bond acceptors (Lipinski definition) is 4. The minimum Gasteiger partial charge on any atom is -0.481 e. The number of amides is 2. The molecule has 3 atom stereocenters. The largest absolute Gasteiger partial charge is 0.481 e. The van der Waals surface area contributed by atoms with Crippen molar-refractivity contribution in [3.05, 3.63) is 59.7 Å². The van der Waals surface area contributed by atoms with E-state index in [2.05, 4.69) is 34.9 Å². The van der Waals surface area contributed by atoms with E-state index in [1.165, 1.54) is 22.3 Å². The summed E-state index contributed by atoms with van der Waals surface area (Å²) in [5.74, 6) is -1.27. The lowest BCUT2D eigenvalue weighted by Crippen LogP contribution is -2.45. The lowest BCUT2D eigenvalue weighted by Gasteiger charge is -2.30. The Balaban J connectivity index is 1.30. The van der Waals surface area contributed by atoms with Crippen LogP contribution in [0.4, 0.5) is 4.79 Å². The van der Waals surface area contributed by atoms with Gasteiger partial charge in [0.2, 0.25) is 5.91 Å². The van der Waals surface area contributed by atoms with Crippen molar-refractivity contribution in [2.75, 3.05) is 6.61 Å². The molecule has 2 amide bonds. The van der Waals surface area contributed by atoms with Crippen LogP contribution in [0.25, 0.3) is 11.1 Å². The van der Waals surface area contributed by atoms with Crippen LogP contribution in [-0.2, 0) is 14.3 Å². The van der Waals surface area contributed by atoms with Crippen molar-refractivity contribution in [3.8, 4) is 11.1 Å². The number of alkyl carbamates (subject to hydrolysis) is 1. The zero-order valence-corrected chi connectivity index (χ0v) is 20.2. The average Bonchev–Trinajstić information content (AvgIpc) is 3.16. The highest BCUT2D eigenvalue weighted by Crippen LogP contribution is 2.44. The second-order valence-electron chi connectivity index (χ2n) is 9.62. The van der Waals surface area contributed by atoms with Gasteiger partial charge in [-0.05, 0) is 47.9 Å². The maximum absolute atomic E-state index is 12.8. The van der Waals surface area contributed by atoms with Gasteiger partial charge in [0, 0.05) is 23.9 Å². The summed E-state index contributed by atoms with van der Waals surface area (Å²) in [7, 11) is 0. The maximum atomic E-state index is 12.8. The molecule has 0 aromatic heterocycles. The van der Waals surface area contributed by atoms with Crippen LogP contribution in [0.1, 0.15) is 68.9 Å². The van der Waals surface area contributed by atoms with Gasteiger partial charge in [0.1, 0.15) is 6.61 Å². The molecule has 0 aliphatic heterocycles. The molecule has 1 saturated carbocycles. The molecule has 1 fully saturated rings. The molecule has 2 aliphatic carbocycles. The van der Waals surface area contributed by atoms with Gasteiger partial charge in [0.05, 0.1) is 6.42 Å². The van der Waals surface area contributed by atoms with Crippen molar-refractivity contribution in [3.63, 3.8) is 0 Å². The third-order valence-electron chi connectivity index (χ3n) is 7.12. The van der Waals surface area contributed by atoms with Gasteiger partial charge in [-0.1, -0.05) is 68.3 Å². The highest BCUT2D eigenvalue weighted by Gasteiger charge is 2.31. The molecular weight excluding hydrogens is 444 g/mol. The number of carbonyl (C=O) groups is 3. The number of nitrogens with one attached hydrogen (secondary N) is 2. The Morgan fingerprint density at radius 1 is 1.03 bits per heavy atom. The van der Waals surface area contributed by atoms with Crippen LogP contribution in [0.3, 0.4) is 0 Å². The van der Waals surface area contributed by atoms with Gasteiger partial charge in [-0.15, -0.1) is 0 Å². The summed E-state index contributed by atoms with van der Waals surface area (Å²) in [5, 5.41) is 15.0. The number of hydrogen-bond donors (Lipinski definition) is 3. The van der Waals surface area contributed by atoms with Gasteiger partial charge in [-0.25, -0.2) is 4.79 Å². The molecule has 0 saturated heterocycles. The monoisotopic (exact) mass is 478 g/mol. The number of benzene rings is 2. The van der Waals surface area contributed by atoms with Crippen LogP contribution >= 0.6 is 0 Å². The van der Waals surface area contributed by atoms with Crippen molar-refractivity contribution in [1.29, 1.82) is 0 Å². The Morgan fingerprint density at radius 2 is 1.69 bits per heavy atom. The topological polar surface area (TPSA) is 105 Å². The first-order chi connectivity index (χ1) is 17.0. The Hall–Kier alpha value is -3.35. The van der Waals surface area contributed by atoms with E-state index >= 15 is 0 Å². The van der Waals surface area contributed by atoms with Crippen LogP contribution in [0.5, 0.6) is 0 Å². The van der Waals surface area contributed by atoms with E-state index in [4.69, 9.17) is 9.84 Å². The van der Waals surface area contributed by atoms with Crippen molar-refractivity contribution in [2.45, 2.75) is 69.9 Å². The van der Waals surface area contributed by atoms with Gasteiger partial charge < -0.3 is 20.5 Å². The summed E-state index contributed by atoms with van der Waals surface area (Å²) in [4.78, 5) is 36.5. The molecule has 35 heavy (non-hydrogen) atoms. The quantitative estimate of drug-likeness (QED) is 0.478. The molecule has 2 aromatic carbocycles. The van der Waals surface area contributed by atoms with Gasteiger partial charge in [-0.3, -0.25) is 9.59 Å². The fourth-order valence-electron chi connectivity index (χ4n) is 5.47. The molecule has 3 N–H and O–H groups in total. The molecule has 0 unspecified atom stereocenters. The minimum atomic E-state index is -0.915. The summed E-state index contributed by atoms with van der Waals surface area (Å²) in [5.41, 5.74) is 4.70. The van der Waals surface area contributed by atoms with E-state index in [9.17, 15) is 14.4 Å². The van der Waals surface area contributed by atoms with Crippen molar-refractivity contribution >= 4 is 18.0 Å². The summed E-state index contributed by atoms with van der Waals surface area (Å²) in [6.07, 6.45) is 3.77. The van der Waals surface area contributed by atoms with E-state index in [1.54, 1.807) is 0 Å². The fraction of sp³-hybridized carbons (Fsp3) is 0.464. The van der Waals surface area contributed by atoms with E-state index < -0.39 is 12.1 Å². The van der Waals surface area contributed by atoms with Gasteiger partial charge in [0.15, 0.2) is 0 Å². The van der Waals surface area contributed by atoms with E-state index in [0.29, 0.717) is 12.8 Å². The molecule has 7 heteroatoms. The Bertz CT molecular complexity index is 1020. The third-order valence-corrected chi connectivity index (χ3v) is 7.12. The number of carboxylic acid groups (broad SMARTS) is 1. The normalized spacial score (nSPS) is 19.8. The molecule has 7 nitrogen and oxygen atoms in total. The Kier molecular flexibility index (Phi) is 8.06. The van der Waals surface area contributed by atoms with Crippen LogP contribution in [0, 0.1) is 5.92 Å². The minimum absolute atomic E-state index is 0.00256. The first-order valence-corrected chi connectivity index (χ1v) is 12.6. The molecule has 0 heterocycles. The van der Waals surface area contributed by atoms with Gasteiger partial charge in [-0.2, -0.15) is 0 Å². The number of carboxylic acids is 1. The van der Waals surface area contributed by atoms with E-state index in [0.717, 1.165) is 25.7 Å². The second-order valence-corrected chi connectivity index (χ2v) is 9.62. The predicted molar refractivity (Wildman–Crippen MR) is 133 cm³/mol. The van der Waals surface area contributed by atoms with Gasteiger partial charge >= 0.3 is 12.1 Å². The first kappa shape index (κ1) is 24.8. The lowest BCUT2D eigenvalue weighted by atomic mass is 9.85. The first-order valence-electron chi connectivity index (χ1n) is 12.6. The highest BCUT2D eigenvalue weighted by atomic mass is 16.5. The number of aliphatic carboxylic acids is 1. The smallest absolute Gasteiger partial charge is 0.407 e. The van der Waals surface area contributed by atoms with Crippen molar-refractivity contribution in [2.24, 2.45) is 5.92 Å². The zero-order chi connectivity index (χ0) is 24.8. The average molecular weight is 479 g/mol. The highest BCUT2D eigenvalue weighted by molar-refractivity contribution is 5.80. The Morgan fingerprint density at radius 3 is 2.31 bits per heavy atom. The molecule has 0 radical (unpaired) electrons. The second kappa shape index (κ2) is 11.4. The summed E-state index contributed by atoms with van der Waals surface area (Å²) in [6, 6.07) is 15.9. The molecular formula is C28H34N2O5. The summed E-state index contributed by atoms with van der Waals surface area (Å²) < 4.78 is 5.66. The number of fused-ring (bicyclic) bond motifs is 3. The van der Waals surface area contributed by atoms with Crippen LogP contribution in [-0.4, -0.2) is 41.8 Å². The van der Waals surface area contributed by atoms with E-state index in [-0.39, 0.29) is 42.9 Å².